The molecule has 17 heavy (non-hydrogen) atoms. The molecule has 1 aliphatic carbocycles. The molecule has 1 aromatic heterocycles. The van der Waals surface area contributed by atoms with Crippen molar-refractivity contribution in [2.24, 2.45) is 5.73 Å². The van der Waals surface area contributed by atoms with Crippen molar-refractivity contribution in [2.45, 2.75) is 25.3 Å². The molecule has 3 rings (SSSR count). The Bertz CT molecular complexity index is 542. The van der Waals surface area contributed by atoms with E-state index in [2.05, 4.69) is 35.1 Å². The van der Waals surface area contributed by atoms with Gasteiger partial charge in [-0.2, -0.15) is 0 Å². The summed E-state index contributed by atoms with van der Waals surface area (Å²) >= 11 is 0. The molecule has 0 spiro atoms. The Labute approximate surface area is 101 Å². The maximum atomic E-state index is 6.06. The minimum atomic E-state index is -0.245. The van der Waals surface area contributed by atoms with Crippen molar-refractivity contribution in [1.82, 2.24) is 9.97 Å². The molecule has 86 valence electrons. The molecular weight excluding hydrogens is 210 g/mol. The molecule has 1 aliphatic rings. The summed E-state index contributed by atoms with van der Waals surface area (Å²) in [5.41, 5.74) is 9.25. The molecule has 1 heterocycles. The first-order valence-corrected chi connectivity index (χ1v) is 5.86. The van der Waals surface area contributed by atoms with Crippen LogP contribution in [0, 0.1) is 6.92 Å². The van der Waals surface area contributed by atoms with Gasteiger partial charge in [-0.25, -0.2) is 9.97 Å². The molecule has 0 saturated heterocycles. The summed E-state index contributed by atoms with van der Waals surface area (Å²) in [5, 5.41) is 0. The molecule has 3 nitrogen and oxygen atoms in total. The highest BCUT2D eigenvalue weighted by molar-refractivity contribution is 5.62. The molecule has 3 heteroatoms. The van der Waals surface area contributed by atoms with E-state index < -0.39 is 0 Å². The molecule has 2 aromatic rings. The van der Waals surface area contributed by atoms with Crippen LogP contribution in [-0.4, -0.2) is 9.97 Å². The van der Waals surface area contributed by atoms with E-state index in [9.17, 15) is 0 Å². The van der Waals surface area contributed by atoms with Crippen LogP contribution < -0.4 is 5.73 Å². The summed E-state index contributed by atoms with van der Waals surface area (Å²) in [7, 11) is 0. The smallest absolute Gasteiger partial charge is 0.148 e. The third-order valence-corrected chi connectivity index (χ3v) is 3.24. The summed E-state index contributed by atoms with van der Waals surface area (Å²) in [5.74, 6) is 0.772. The summed E-state index contributed by atoms with van der Waals surface area (Å²) < 4.78 is 0. The fraction of sp³-hybridized carbons (Fsp3) is 0.286. The van der Waals surface area contributed by atoms with Crippen LogP contribution in [-0.2, 0) is 5.54 Å². The summed E-state index contributed by atoms with van der Waals surface area (Å²) in [6.45, 7) is 2.08. The number of benzene rings is 1. The van der Waals surface area contributed by atoms with Crippen LogP contribution in [0.1, 0.15) is 24.2 Å². The zero-order chi connectivity index (χ0) is 11.9. The highest BCUT2D eigenvalue weighted by Gasteiger charge is 2.42. The fourth-order valence-corrected chi connectivity index (χ4v) is 1.92. The van der Waals surface area contributed by atoms with E-state index in [1.807, 2.05) is 18.5 Å². The van der Waals surface area contributed by atoms with Crippen molar-refractivity contribution in [3.8, 4) is 11.1 Å². The van der Waals surface area contributed by atoms with Gasteiger partial charge in [0.05, 0.1) is 5.54 Å². The lowest BCUT2D eigenvalue weighted by Gasteiger charge is -2.07. The van der Waals surface area contributed by atoms with Crippen LogP contribution in [0.15, 0.2) is 36.7 Å². The Morgan fingerprint density at radius 3 is 2.41 bits per heavy atom. The first kappa shape index (κ1) is 10.4. The lowest BCUT2D eigenvalue weighted by Crippen LogP contribution is -2.21. The van der Waals surface area contributed by atoms with E-state index in [-0.39, 0.29) is 5.54 Å². The number of rotatable bonds is 2. The van der Waals surface area contributed by atoms with Crippen LogP contribution in [0.25, 0.3) is 11.1 Å². The van der Waals surface area contributed by atoms with Crippen LogP contribution in [0.4, 0.5) is 0 Å². The van der Waals surface area contributed by atoms with E-state index in [1.165, 1.54) is 5.56 Å². The Morgan fingerprint density at radius 2 is 1.82 bits per heavy atom. The quantitative estimate of drug-likeness (QED) is 0.853. The fourth-order valence-electron chi connectivity index (χ4n) is 1.92. The van der Waals surface area contributed by atoms with Crippen LogP contribution in [0.2, 0.25) is 0 Å². The zero-order valence-electron chi connectivity index (χ0n) is 9.85. The van der Waals surface area contributed by atoms with Crippen molar-refractivity contribution in [3.63, 3.8) is 0 Å². The van der Waals surface area contributed by atoms with Crippen molar-refractivity contribution in [3.05, 3.63) is 48.0 Å². The molecule has 0 atom stereocenters. The van der Waals surface area contributed by atoms with Gasteiger partial charge in [-0.15, -0.1) is 0 Å². The molecule has 0 amide bonds. The van der Waals surface area contributed by atoms with Gasteiger partial charge in [-0.3, -0.25) is 0 Å². The van der Waals surface area contributed by atoms with E-state index in [4.69, 9.17) is 5.73 Å². The molecule has 2 N–H and O–H groups in total. The lowest BCUT2D eigenvalue weighted by molar-refractivity contribution is 0.672. The number of nitrogens with two attached hydrogens (primary N) is 1. The van der Waals surface area contributed by atoms with E-state index in [0.717, 1.165) is 29.8 Å². The average molecular weight is 225 g/mol. The van der Waals surface area contributed by atoms with Crippen molar-refractivity contribution >= 4 is 0 Å². The van der Waals surface area contributed by atoms with Gasteiger partial charge in [-0.1, -0.05) is 29.8 Å². The number of aromatic nitrogens is 2. The predicted molar refractivity (Wildman–Crippen MR) is 67.3 cm³/mol. The van der Waals surface area contributed by atoms with Crippen LogP contribution in [0.3, 0.4) is 0 Å². The van der Waals surface area contributed by atoms with Gasteiger partial charge in [0, 0.05) is 18.0 Å². The molecule has 1 saturated carbocycles. The van der Waals surface area contributed by atoms with Gasteiger partial charge in [0.15, 0.2) is 0 Å². The SMILES string of the molecule is Cc1cccc(-c2cnc(C3(N)CC3)nc2)c1. The predicted octanol–water partition coefficient (Wildman–Crippen LogP) is 2.40. The lowest BCUT2D eigenvalue weighted by atomic mass is 10.1. The van der Waals surface area contributed by atoms with Crippen molar-refractivity contribution in [2.75, 3.05) is 0 Å². The second-order valence-corrected chi connectivity index (χ2v) is 4.82. The highest BCUT2D eigenvalue weighted by Crippen LogP contribution is 2.40. The largest absolute Gasteiger partial charge is 0.319 e. The normalized spacial score (nSPS) is 16.8. The molecule has 1 fully saturated rings. The molecule has 0 aliphatic heterocycles. The summed E-state index contributed by atoms with van der Waals surface area (Å²) in [6, 6.07) is 8.33. The standard InChI is InChI=1S/C14H15N3/c1-10-3-2-4-11(7-10)12-8-16-13(17-9-12)14(15)5-6-14/h2-4,7-9H,5-6,15H2,1H3. The Kier molecular flexibility index (Phi) is 2.23. The minimum Gasteiger partial charge on any atom is -0.319 e. The van der Waals surface area contributed by atoms with Gasteiger partial charge in [0.2, 0.25) is 0 Å². The van der Waals surface area contributed by atoms with Crippen molar-refractivity contribution < 1.29 is 0 Å². The molecular formula is C14H15N3. The highest BCUT2D eigenvalue weighted by atomic mass is 15.0. The topological polar surface area (TPSA) is 51.8 Å². The molecule has 0 unspecified atom stereocenters. The van der Waals surface area contributed by atoms with Gasteiger partial charge in [0.25, 0.3) is 0 Å². The Morgan fingerprint density at radius 1 is 1.12 bits per heavy atom. The first-order valence-electron chi connectivity index (χ1n) is 5.86. The Balaban J connectivity index is 1.94. The maximum Gasteiger partial charge on any atom is 0.148 e. The van der Waals surface area contributed by atoms with E-state index in [1.54, 1.807) is 0 Å². The monoisotopic (exact) mass is 225 g/mol. The maximum absolute atomic E-state index is 6.06. The third kappa shape index (κ3) is 1.94. The van der Waals surface area contributed by atoms with Crippen molar-refractivity contribution in [1.29, 1.82) is 0 Å². The van der Waals surface area contributed by atoms with Gasteiger partial charge in [0.1, 0.15) is 5.82 Å². The number of hydrogen-bond donors (Lipinski definition) is 1. The van der Waals surface area contributed by atoms with Crippen LogP contribution >= 0.6 is 0 Å². The minimum absolute atomic E-state index is 0.245. The first-order chi connectivity index (χ1) is 8.17. The van der Waals surface area contributed by atoms with Gasteiger partial charge < -0.3 is 5.73 Å². The summed E-state index contributed by atoms with van der Waals surface area (Å²) in [6.07, 6.45) is 5.72. The number of aryl methyl sites for hydroxylation is 1. The second kappa shape index (κ2) is 3.64. The number of hydrogen-bond acceptors (Lipinski definition) is 3. The second-order valence-electron chi connectivity index (χ2n) is 4.82. The van der Waals surface area contributed by atoms with Gasteiger partial charge in [-0.05, 0) is 25.3 Å². The third-order valence-electron chi connectivity index (χ3n) is 3.24. The molecule has 0 bridgehead atoms. The van der Waals surface area contributed by atoms with Gasteiger partial charge >= 0.3 is 0 Å². The molecule has 0 radical (unpaired) electrons. The number of nitrogens with zero attached hydrogens (tertiary/aromatic N) is 2. The van der Waals surface area contributed by atoms with E-state index >= 15 is 0 Å². The molecule has 1 aromatic carbocycles. The zero-order valence-corrected chi connectivity index (χ0v) is 9.85. The summed E-state index contributed by atoms with van der Waals surface area (Å²) in [4.78, 5) is 8.76. The average Bonchev–Trinajstić information content (AvgIpc) is 3.09. The van der Waals surface area contributed by atoms with Crippen LogP contribution in [0.5, 0.6) is 0 Å². The van der Waals surface area contributed by atoms with E-state index in [0.29, 0.717) is 0 Å². The Hall–Kier alpha value is -1.74.